The average molecular weight is 479 g/mol. The van der Waals surface area contributed by atoms with Crippen molar-refractivity contribution in [3.8, 4) is 0 Å². The number of aliphatic carboxylic acids is 1. The second kappa shape index (κ2) is 13.7. The number of hydrogen-bond acceptors (Lipinski definition) is 6. The molecule has 0 saturated carbocycles. The van der Waals surface area contributed by atoms with Gasteiger partial charge in [0.05, 0.1) is 6.10 Å². The molecular weight excluding hydrogens is 440 g/mol. The summed E-state index contributed by atoms with van der Waals surface area (Å²) in [5.74, 6) is -3.42. The molecule has 1 rings (SSSR count). The minimum Gasteiger partial charge on any atom is -0.480 e. The van der Waals surface area contributed by atoms with Gasteiger partial charge in [0, 0.05) is 6.42 Å². The van der Waals surface area contributed by atoms with Crippen molar-refractivity contribution in [2.24, 2.45) is 17.6 Å². The molecule has 0 aromatic heterocycles. The van der Waals surface area contributed by atoms with Crippen molar-refractivity contribution in [1.82, 2.24) is 16.0 Å². The Labute approximate surface area is 200 Å². The second-order valence-electron chi connectivity index (χ2n) is 9.28. The maximum atomic E-state index is 13.0. The maximum Gasteiger partial charge on any atom is 0.326 e. The first-order valence-corrected chi connectivity index (χ1v) is 11.4. The van der Waals surface area contributed by atoms with Gasteiger partial charge in [-0.2, -0.15) is 0 Å². The van der Waals surface area contributed by atoms with E-state index in [1.165, 1.54) is 6.92 Å². The van der Waals surface area contributed by atoms with Crippen LogP contribution in [0, 0.1) is 11.8 Å². The number of amides is 3. The third-order valence-electron chi connectivity index (χ3n) is 5.31. The van der Waals surface area contributed by atoms with Gasteiger partial charge in [-0.1, -0.05) is 58.0 Å². The molecule has 1 aromatic carbocycles. The molecule has 0 saturated heterocycles. The summed E-state index contributed by atoms with van der Waals surface area (Å²) in [6, 6.07) is 4.51. The minimum atomic E-state index is -1.21. The highest BCUT2D eigenvalue weighted by Crippen LogP contribution is 2.10. The summed E-state index contributed by atoms with van der Waals surface area (Å²) in [5, 5.41) is 26.8. The molecule has 0 radical (unpaired) electrons. The van der Waals surface area contributed by atoms with Gasteiger partial charge in [-0.05, 0) is 30.7 Å². The fraction of sp³-hybridized carbons (Fsp3) is 0.583. The molecule has 7 N–H and O–H groups in total. The van der Waals surface area contributed by atoms with Crippen LogP contribution >= 0.6 is 0 Å². The first-order valence-electron chi connectivity index (χ1n) is 11.4. The maximum absolute atomic E-state index is 13.0. The van der Waals surface area contributed by atoms with E-state index >= 15 is 0 Å². The third-order valence-corrected chi connectivity index (χ3v) is 5.31. The van der Waals surface area contributed by atoms with Crippen LogP contribution in [0.15, 0.2) is 30.3 Å². The van der Waals surface area contributed by atoms with E-state index in [4.69, 9.17) is 5.73 Å². The minimum absolute atomic E-state index is 0.0178. The van der Waals surface area contributed by atoms with Gasteiger partial charge in [-0.25, -0.2) is 4.79 Å². The Morgan fingerprint density at radius 2 is 1.41 bits per heavy atom. The van der Waals surface area contributed by atoms with E-state index in [0.717, 1.165) is 5.56 Å². The van der Waals surface area contributed by atoms with Crippen LogP contribution in [0.25, 0.3) is 0 Å². The summed E-state index contributed by atoms with van der Waals surface area (Å²) in [4.78, 5) is 50.0. The van der Waals surface area contributed by atoms with Gasteiger partial charge in [0.25, 0.3) is 0 Å². The molecule has 0 aliphatic heterocycles. The Bertz CT molecular complexity index is 828. The number of nitrogens with two attached hydrogens (primary N) is 1. The normalized spacial score (nSPS) is 15.7. The Morgan fingerprint density at radius 3 is 1.88 bits per heavy atom. The van der Waals surface area contributed by atoms with Crippen molar-refractivity contribution in [2.75, 3.05) is 0 Å². The molecule has 5 atom stereocenters. The number of carboxylic acids is 1. The van der Waals surface area contributed by atoms with Crippen LogP contribution in [0.5, 0.6) is 0 Å². The van der Waals surface area contributed by atoms with Crippen LogP contribution in [0.1, 0.15) is 46.6 Å². The number of aliphatic hydroxyl groups is 1. The van der Waals surface area contributed by atoms with Crippen molar-refractivity contribution in [3.05, 3.63) is 35.9 Å². The quantitative estimate of drug-likeness (QED) is 0.235. The molecule has 10 nitrogen and oxygen atoms in total. The lowest BCUT2D eigenvalue weighted by molar-refractivity contribution is -0.142. The Kier molecular flexibility index (Phi) is 11.7. The first-order chi connectivity index (χ1) is 15.8. The van der Waals surface area contributed by atoms with Crippen molar-refractivity contribution in [1.29, 1.82) is 0 Å². The summed E-state index contributed by atoms with van der Waals surface area (Å²) in [5.41, 5.74) is 6.40. The molecule has 10 heteroatoms. The number of nitrogens with one attached hydrogen (secondary N) is 3. The number of aliphatic hydroxyl groups excluding tert-OH is 1. The highest BCUT2D eigenvalue weighted by Gasteiger charge is 2.32. The number of rotatable bonds is 13. The van der Waals surface area contributed by atoms with Crippen molar-refractivity contribution in [2.45, 2.75) is 77.7 Å². The lowest BCUT2D eigenvalue weighted by Gasteiger charge is -2.28. The molecule has 190 valence electrons. The fourth-order valence-corrected chi connectivity index (χ4v) is 3.29. The molecular formula is C24H38N4O6. The van der Waals surface area contributed by atoms with E-state index in [2.05, 4.69) is 16.0 Å². The Morgan fingerprint density at radius 1 is 0.853 bits per heavy atom. The van der Waals surface area contributed by atoms with E-state index in [0.29, 0.717) is 0 Å². The molecule has 0 aliphatic rings. The monoisotopic (exact) mass is 478 g/mol. The van der Waals surface area contributed by atoms with Gasteiger partial charge in [0.15, 0.2) is 0 Å². The number of hydrogen-bond donors (Lipinski definition) is 6. The van der Waals surface area contributed by atoms with Crippen molar-refractivity contribution < 1.29 is 29.4 Å². The van der Waals surface area contributed by atoms with Crippen molar-refractivity contribution >= 4 is 23.7 Å². The number of benzene rings is 1. The molecule has 0 aliphatic carbocycles. The lowest BCUT2D eigenvalue weighted by atomic mass is 9.98. The van der Waals surface area contributed by atoms with Crippen LogP contribution in [-0.4, -0.2) is 64.2 Å². The van der Waals surface area contributed by atoms with Crippen molar-refractivity contribution in [3.63, 3.8) is 0 Å². The molecule has 0 heterocycles. The zero-order valence-electron chi connectivity index (χ0n) is 20.4. The first kappa shape index (κ1) is 29.1. The van der Waals surface area contributed by atoms with Crippen LogP contribution in [-0.2, 0) is 25.6 Å². The highest BCUT2D eigenvalue weighted by molar-refractivity contribution is 5.94. The average Bonchev–Trinajstić information content (AvgIpc) is 2.75. The smallest absolute Gasteiger partial charge is 0.326 e. The predicted octanol–water partition coefficient (Wildman–Crippen LogP) is 0.178. The van der Waals surface area contributed by atoms with E-state index < -0.39 is 54.0 Å². The highest BCUT2D eigenvalue weighted by atomic mass is 16.4. The zero-order valence-corrected chi connectivity index (χ0v) is 20.4. The van der Waals surface area contributed by atoms with E-state index in [1.54, 1.807) is 38.1 Å². The largest absolute Gasteiger partial charge is 0.480 e. The number of carbonyl (C=O) groups excluding carboxylic acids is 3. The van der Waals surface area contributed by atoms with E-state index in [9.17, 15) is 29.4 Å². The molecule has 1 aromatic rings. The summed E-state index contributed by atoms with van der Waals surface area (Å²) < 4.78 is 0. The van der Waals surface area contributed by atoms with Gasteiger partial charge in [-0.3, -0.25) is 14.4 Å². The van der Waals surface area contributed by atoms with Crippen LogP contribution in [0.4, 0.5) is 0 Å². The third kappa shape index (κ3) is 9.48. The SMILES string of the molecule is CC(C)CC(NC(=O)C(NC(=O)C(N)C(C)O)C(C)C)C(=O)NC(Cc1ccccc1)C(=O)O. The summed E-state index contributed by atoms with van der Waals surface area (Å²) in [6.45, 7) is 8.54. The lowest BCUT2D eigenvalue weighted by Crippen LogP contribution is -2.59. The molecule has 0 bridgehead atoms. The van der Waals surface area contributed by atoms with E-state index in [-0.39, 0.29) is 24.7 Å². The van der Waals surface area contributed by atoms with E-state index in [1.807, 2.05) is 19.9 Å². The van der Waals surface area contributed by atoms with Gasteiger partial charge < -0.3 is 31.9 Å². The second-order valence-corrected chi connectivity index (χ2v) is 9.28. The molecule has 34 heavy (non-hydrogen) atoms. The molecule has 0 fully saturated rings. The van der Waals surface area contributed by atoms with Crippen LogP contribution in [0.3, 0.4) is 0 Å². The zero-order chi connectivity index (χ0) is 26.0. The Hall–Kier alpha value is -2.98. The van der Waals surface area contributed by atoms with Gasteiger partial charge in [0.2, 0.25) is 17.7 Å². The summed E-state index contributed by atoms with van der Waals surface area (Å²) >= 11 is 0. The van der Waals surface area contributed by atoms with Crippen LogP contribution < -0.4 is 21.7 Å². The predicted molar refractivity (Wildman–Crippen MR) is 128 cm³/mol. The summed E-state index contributed by atoms with van der Waals surface area (Å²) in [7, 11) is 0. The standard InChI is InChI=1S/C24H38N4O6/c1-13(2)11-17(21(30)27-18(24(33)34)12-16-9-7-6-8-10-16)26-23(32)20(14(3)4)28-22(31)19(25)15(5)29/h6-10,13-15,17-20,29H,11-12,25H2,1-5H3,(H,26,32)(H,27,30)(H,28,31)(H,33,34). The molecule has 5 unspecified atom stereocenters. The Balaban J connectivity index is 2.98. The number of carboxylic acid groups (broad SMARTS) is 1. The topological polar surface area (TPSA) is 171 Å². The fourth-order valence-electron chi connectivity index (χ4n) is 3.29. The molecule has 3 amide bonds. The molecule has 0 spiro atoms. The number of carbonyl (C=O) groups is 4. The van der Waals surface area contributed by atoms with Crippen LogP contribution in [0.2, 0.25) is 0 Å². The van der Waals surface area contributed by atoms with Gasteiger partial charge in [0.1, 0.15) is 24.2 Å². The summed E-state index contributed by atoms with van der Waals surface area (Å²) in [6.07, 6.45) is -0.749. The van der Waals surface area contributed by atoms with Gasteiger partial charge in [-0.15, -0.1) is 0 Å². The van der Waals surface area contributed by atoms with Gasteiger partial charge >= 0.3 is 5.97 Å².